The first-order valence-corrected chi connectivity index (χ1v) is 5.19. The maximum Gasteiger partial charge on any atom is 0.386 e. The van der Waals surface area contributed by atoms with Crippen LogP contribution in [0.4, 0.5) is 14.5 Å². The number of halogens is 2. The lowest BCUT2D eigenvalue weighted by Crippen LogP contribution is -3.07. The van der Waals surface area contributed by atoms with Crippen molar-refractivity contribution < 1.29 is 18.6 Å². The van der Waals surface area contributed by atoms with Crippen LogP contribution >= 0.6 is 0 Å². The van der Waals surface area contributed by atoms with Crippen LogP contribution in [0.3, 0.4) is 0 Å². The summed E-state index contributed by atoms with van der Waals surface area (Å²) in [6, 6.07) is 4.60. The topological polar surface area (TPSA) is 56.6 Å². The summed E-state index contributed by atoms with van der Waals surface area (Å²) in [6.45, 7) is 1.72. The number of carbonyl (C=O) groups is 1. The maximum absolute atomic E-state index is 12.7. The molecule has 1 atom stereocenters. The maximum atomic E-state index is 12.7. The third-order valence-electron chi connectivity index (χ3n) is 2.70. The minimum absolute atomic E-state index is 0.0268. The highest BCUT2D eigenvalue weighted by atomic mass is 19.3. The number of fused-ring (bicyclic) bond motifs is 1. The molecule has 1 aliphatic rings. The molecule has 1 aromatic carbocycles. The Bertz CT molecular complexity index is 457. The van der Waals surface area contributed by atoms with Gasteiger partial charge in [0.1, 0.15) is 5.69 Å². The van der Waals surface area contributed by atoms with Crippen LogP contribution in [0.5, 0.6) is 0 Å². The molecule has 1 unspecified atom stereocenters. The van der Waals surface area contributed by atoms with E-state index in [0.717, 1.165) is 11.1 Å². The minimum atomic E-state index is -3.62. The van der Waals surface area contributed by atoms with Gasteiger partial charge in [0.15, 0.2) is 0 Å². The predicted octanol–water partition coefficient (Wildman–Crippen LogP) is 0.486. The SMILES string of the molecule is CC(F)(F)C(=O)[NH+]([O-])c1ccc2c(c1)CNC2. The van der Waals surface area contributed by atoms with E-state index in [-0.39, 0.29) is 5.69 Å². The second-order valence-electron chi connectivity index (χ2n) is 4.13. The highest BCUT2D eigenvalue weighted by Crippen LogP contribution is 2.18. The number of benzene rings is 1. The first-order chi connectivity index (χ1) is 7.89. The van der Waals surface area contributed by atoms with Crippen molar-refractivity contribution in [1.82, 2.24) is 5.32 Å². The first-order valence-electron chi connectivity index (χ1n) is 5.19. The van der Waals surface area contributed by atoms with Crippen molar-refractivity contribution in [2.24, 2.45) is 0 Å². The van der Waals surface area contributed by atoms with E-state index >= 15 is 0 Å². The first kappa shape index (κ1) is 12.1. The number of carbonyl (C=O) groups excluding carboxylic acids is 1. The third-order valence-corrected chi connectivity index (χ3v) is 2.70. The minimum Gasteiger partial charge on any atom is -0.621 e. The zero-order valence-electron chi connectivity index (χ0n) is 9.22. The molecule has 0 radical (unpaired) electrons. The second kappa shape index (κ2) is 4.14. The van der Waals surface area contributed by atoms with Crippen LogP contribution in [0.2, 0.25) is 0 Å². The lowest BCUT2D eigenvalue weighted by atomic mass is 10.1. The van der Waals surface area contributed by atoms with Crippen LogP contribution in [-0.4, -0.2) is 11.8 Å². The molecule has 1 aliphatic heterocycles. The molecule has 6 heteroatoms. The van der Waals surface area contributed by atoms with Crippen molar-refractivity contribution in [2.45, 2.75) is 25.9 Å². The molecule has 2 N–H and O–H groups in total. The largest absolute Gasteiger partial charge is 0.621 e. The Labute approximate surface area is 96.8 Å². The van der Waals surface area contributed by atoms with Gasteiger partial charge in [-0.15, -0.1) is 0 Å². The number of rotatable bonds is 2. The second-order valence-corrected chi connectivity index (χ2v) is 4.13. The molecule has 0 spiro atoms. The summed E-state index contributed by atoms with van der Waals surface area (Å²) < 4.78 is 25.5. The highest BCUT2D eigenvalue weighted by Gasteiger charge is 2.39. The summed E-state index contributed by atoms with van der Waals surface area (Å²) in [7, 11) is 0. The molecule has 1 heterocycles. The molecule has 92 valence electrons. The fraction of sp³-hybridized carbons (Fsp3) is 0.364. The Hall–Kier alpha value is -1.37. The highest BCUT2D eigenvalue weighted by molar-refractivity contribution is 5.76. The molecule has 0 fully saturated rings. The summed E-state index contributed by atoms with van der Waals surface area (Å²) in [5, 5.41) is 13.5. The summed E-state index contributed by atoms with van der Waals surface area (Å²) in [5.41, 5.74) is 1.93. The van der Waals surface area contributed by atoms with Crippen molar-refractivity contribution in [1.29, 1.82) is 0 Å². The lowest BCUT2D eigenvalue weighted by Gasteiger charge is -2.22. The number of quaternary nitrogens is 1. The van der Waals surface area contributed by atoms with Gasteiger partial charge in [-0.3, -0.25) is 5.06 Å². The lowest BCUT2D eigenvalue weighted by molar-refractivity contribution is -0.695. The van der Waals surface area contributed by atoms with Crippen LogP contribution in [-0.2, 0) is 17.9 Å². The fourth-order valence-corrected chi connectivity index (χ4v) is 1.77. The van der Waals surface area contributed by atoms with Crippen LogP contribution in [0.25, 0.3) is 0 Å². The Morgan fingerprint density at radius 3 is 2.71 bits per heavy atom. The Morgan fingerprint density at radius 2 is 2.06 bits per heavy atom. The number of hydroxylamine groups is 1. The van der Waals surface area contributed by atoms with Crippen molar-refractivity contribution in [3.63, 3.8) is 0 Å². The number of hydrogen-bond donors (Lipinski definition) is 2. The van der Waals surface area contributed by atoms with Crippen LogP contribution in [0.1, 0.15) is 18.1 Å². The molecular weight excluding hydrogens is 230 g/mol. The van der Waals surface area contributed by atoms with E-state index in [4.69, 9.17) is 0 Å². The van der Waals surface area contributed by atoms with Gasteiger partial charge < -0.3 is 10.5 Å². The molecule has 0 aromatic heterocycles. The van der Waals surface area contributed by atoms with E-state index in [1.165, 1.54) is 12.1 Å². The average molecular weight is 242 g/mol. The van der Waals surface area contributed by atoms with Crippen molar-refractivity contribution in [2.75, 3.05) is 0 Å². The van der Waals surface area contributed by atoms with E-state index in [1.54, 1.807) is 6.07 Å². The summed E-state index contributed by atoms with van der Waals surface area (Å²) in [4.78, 5) is 11.2. The van der Waals surface area contributed by atoms with Crippen LogP contribution < -0.4 is 10.4 Å². The third kappa shape index (κ3) is 2.33. The van der Waals surface area contributed by atoms with Gasteiger partial charge in [-0.25, -0.2) is 4.79 Å². The van der Waals surface area contributed by atoms with E-state index < -0.39 is 16.9 Å². The Balaban J connectivity index is 2.26. The van der Waals surface area contributed by atoms with Gasteiger partial charge in [0, 0.05) is 32.1 Å². The van der Waals surface area contributed by atoms with Gasteiger partial charge in [-0.05, 0) is 11.1 Å². The molecule has 0 aliphatic carbocycles. The van der Waals surface area contributed by atoms with E-state index in [9.17, 15) is 18.8 Å². The molecule has 0 bridgehead atoms. The van der Waals surface area contributed by atoms with Gasteiger partial charge in [-0.2, -0.15) is 8.78 Å². The number of nitrogens with one attached hydrogen (secondary N) is 2. The smallest absolute Gasteiger partial charge is 0.386 e. The predicted molar refractivity (Wildman–Crippen MR) is 56.6 cm³/mol. The molecule has 0 saturated carbocycles. The Morgan fingerprint density at radius 1 is 1.41 bits per heavy atom. The molecule has 17 heavy (non-hydrogen) atoms. The van der Waals surface area contributed by atoms with E-state index in [1.807, 2.05) is 0 Å². The fourth-order valence-electron chi connectivity index (χ4n) is 1.77. The van der Waals surface area contributed by atoms with Gasteiger partial charge in [0.05, 0.1) is 0 Å². The average Bonchev–Trinajstić information content (AvgIpc) is 2.72. The van der Waals surface area contributed by atoms with Gasteiger partial charge in [0.25, 0.3) is 0 Å². The van der Waals surface area contributed by atoms with Crippen LogP contribution in [0, 0.1) is 5.21 Å². The van der Waals surface area contributed by atoms with Crippen LogP contribution in [0.15, 0.2) is 18.2 Å². The monoisotopic (exact) mass is 242 g/mol. The number of alkyl halides is 2. The molecule has 0 saturated heterocycles. The zero-order valence-corrected chi connectivity index (χ0v) is 9.22. The number of amides is 1. The van der Waals surface area contributed by atoms with Crippen molar-refractivity contribution >= 4 is 11.6 Å². The molecule has 1 amide bonds. The van der Waals surface area contributed by atoms with Crippen molar-refractivity contribution in [3.05, 3.63) is 34.5 Å². The van der Waals surface area contributed by atoms with Gasteiger partial charge in [0.2, 0.25) is 0 Å². The standard InChI is InChI=1S/C11H12F2N2O2/c1-11(12,13)10(16)15(17)9-3-2-7-5-14-6-8(7)4-9/h2-4,14-15H,5-6H2,1H3. The van der Waals surface area contributed by atoms with Crippen molar-refractivity contribution in [3.8, 4) is 0 Å². The molecular formula is C11H12F2N2O2. The summed E-state index contributed by atoms with van der Waals surface area (Å²) in [6.07, 6.45) is 0. The normalized spacial score (nSPS) is 16.7. The molecule has 4 nitrogen and oxygen atoms in total. The van der Waals surface area contributed by atoms with E-state index in [2.05, 4.69) is 5.32 Å². The number of hydrogen-bond acceptors (Lipinski definition) is 3. The summed E-state index contributed by atoms with van der Waals surface area (Å²) in [5.74, 6) is -5.28. The quantitative estimate of drug-likeness (QED) is 0.742. The Kier molecular flexibility index (Phi) is 2.94. The summed E-state index contributed by atoms with van der Waals surface area (Å²) >= 11 is 0. The van der Waals surface area contributed by atoms with E-state index in [0.29, 0.717) is 20.0 Å². The molecule has 1 aromatic rings. The van der Waals surface area contributed by atoms with Gasteiger partial charge >= 0.3 is 11.8 Å². The van der Waals surface area contributed by atoms with Gasteiger partial charge in [-0.1, -0.05) is 6.07 Å². The zero-order chi connectivity index (χ0) is 12.6. The molecule has 2 rings (SSSR count).